The van der Waals surface area contributed by atoms with Gasteiger partial charge < -0.3 is 53.4 Å². The molecule has 5 aromatic carbocycles. The highest BCUT2D eigenvalue weighted by atomic mass is 35.5. The summed E-state index contributed by atoms with van der Waals surface area (Å²) < 4.78 is 5.27. The Bertz CT molecular complexity index is 5430. The number of aliphatic imine (C=N–C) groups is 5. The third-order valence-corrected chi connectivity index (χ3v) is 34.0. The number of rotatable bonds is 32. The summed E-state index contributed by atoms with van der Waals surface area (Å²) in [5.74, 6) is 6.88. The van der Waals surface area contributed by atoms with Gasteiger partial charge in [0.2, 0.25) is 11.8 Å². The van der Waals surface area contributed by atoms with Crippen LogP contribution in [0.15, 0.2) is 140 Å². The van der Waals surface area contributed by atoms with Crippen molar-refractivity contribution in [2.45, 2.75) is 344 Å². The molecule has 5 aliphatic carbocycles. The number of unbranched alkanes of at least 4 members (excludes halogenated alkanes) is 2. The van der Waals surface area contributed by atoms with Crippen molar-refractivity contribution in [1.82, 2.24) is 44.5 Å². The van der Waals surface area contributed by atoms with Gasteiger partial charge in [-0.05, 0) is 239 Å². The maximum Gasteiger partial charge on any atom is 0.318 e. The highest BCUT2D eigenvalue weighted by Gasteiger charge is 2.53. The van der Waals surface area contributed by atoms with Gasteiger partial charge in [0.1, 0.15) is 22.4 Å². The fourth-order valence-corrected chi connectivity index (χ4v) is 25.2. The molecule has 18 rings (SSSR count). The Morgan fingerprint density at radius 2 is 0.792 bits per heavy atom. The smallest absolute Gasteiger partial charge is 0.318 e. The number of hydrogen-bond donors (Lipinski definition) is 6. The Balaban J connectivity index is 0.000000145. The van der Waals surface area contributed by atoms with Crippen LogP contribution in [0.4, 0.5) is 4.79 Å². The zero-order valence-corrected chi connectivity index (χ0v) is 88.9. The second kappa shape index (κ2) is 49.7. The third kappa shape index (κ3) is 26.9. The summed E-state index contributed by atoms with van der Waals surface area (Å²) >= 11 is 12.1. The van der Waals surface area contributed by atoms with Crippen molar-refractivity contribution >= 4 is 100 Å². The first-order valence-corrected chi connectivity index (χ1v) is 55.1. The second-order valence-electron chi connectivity index (χ2n) is 44.2. The molecule has 8 atom stereocenters. The minimum atomic E-state index is -1.02. The summed E-state index contributed by atoms with van der Waals surface area (Å²) in [6.45, 7) is 12.9. The molecular weight excluding hydrogens is 1850 g/mol. The fourth-order valence-electron chi connectivity index (χ4n) is 24.7. The molecule has 0 spiro atoms. The predicted octanol–water partition coefficient (Wildman–Crippen LogP) is 19.5. The average molecular weight is 2010 g/mol. The molecule has 8 aliphatic heterocycles. The van der Waals surface area contributed by atoms with Crippen molar-refractivity contribution < 1.29 is 43.1 Å². The van der Waals surface area contributed by atoms with Gasteiger partial charge in [-0.25, -0.2) is 29.8 Å². The molecule has 0 aromatic heterocycles. The van der Waals surface area contributed by atoms with Gasteiger partial charge in [0.05, 0.1) is 13.7 Å². The largest absolute Gasteiger partial charge is 0.497 e. The number of likely N-dealkylation sites (tertiary alicyclic amines) is 2. The van der Waals surface area contributed by atoms with Crippen molar-refractivity contribution in [3.8, 4) is 28.0 Å². The normalized spacial score (nSPS) is 26.0. The van der Waals surface area contributed by atoms with E-state index in [-0.39, 0.29) is 59.4 Å². The number of ether oxygens (including phenoxy) is 1. The van der Waals surface area contributed by atoms with Crippen LogP contribution in [0.5, 0.6) is 5.75 Å². The summed E-state index contributed by atoms with van der Waals surface area (Å²) in [5, 5.41) is 4.23. The molecule has 0 radical (unpaired) electrons. The summed E-state index contributed by atoms with van der Waals surface area (Å²) in [5.41, 5.74) is 33.7. The molecule has 782 valence electrons. The molecule has 8 heterocycles. The number of guanidine groups is 5. The van der Waals surface area contributed by atoms with Crippen molar-refractivity contribution in [2.24, 2.45) is 95.1 Å². The summed E-state index contributed by atoms with van der Waals surface area (Å²) in [6.07, 6.45) is 47.5. The number of benzene rings is 5. The van der Waals surface area contributed by atoms with E-state index >= 15 is 0 Å². The Hall–Kier alpha value is -10.6. The average Bonchev–Trinajstić information content (AvgIpc) is 1.64. The lowest BCUT2D eigenvalue weighted by Gasteiger charge is -2.33. The number of carbonyl (C=O) groups is 8. The van der Waals surface area contributed by atoms with Gasteiger partial charge in [-0.15, -0.1) is 0 Å². The van der Waals surface area contributed by atoms with Crippen LogP contribution < -0.4 is 38.7 Å². The Morgan fingerprint density at radius 3 is 1.23 bits per heavy atom. The molecule has 2 unspecified atom stereocenters. The van der Waals surface area contributed by atoms with Crippen LogP contribution >= 0.6 is 23.2 Å². The van der Waals surface area contributed by atoms with Gasteiger partial charge in [-0.2, -0.15) is 0 Å². The lowest BCUT2D eigenvalue weighted by molar-refractivity contribution is -0.133. The quantitative estimate of drug-likeness (QED) is 0.0233. The van der Waals surface area contributed by atoms with E-state index in [0.29, 0.717) is 83.4 Å². The standard InChI is InChI=1S/C33H51N5O2.C24H40N4O2.C22H38N4O2.C18H19N3O2.C17H15Cl2N3O/c1-2-3-14-29-24-37(32(40)35-29)22-27-15-17-28(18-16-27)23-38-30(39)33(36-31(38)34,21-26-12-8-5-9-13-26)20-19-25-10-6-4-7-11-25;1-27-22(30)24(26-23(27)25,13-11-18-7-3-2-4-8-18)16-20-12-14-28(17-20)21(29)15-19-9-5-6-10-19;1-3-4-10-19(27)26-14-12-18(16-26)15-22(20(28)25(2)21(23)24-22)13-11-17-8-6-5-7-9-17;1-18(16(22)21(2)17(19)20-18)14-8-4-6-12(10-14)13-7-5-9-15(11-13)23-3;1-17(15(23)22(2)16(20)21-17)12-5-3-4-10(6-12)11-7-13(18)9-14(19)8-11/h15-18,25-26,29H,2-14,19-24H2,1H3,(H2,34,36)(H,35,40);18-20H,2-17H2,1H3,(H2,25,26);17-18H,3-16H2,1-2H3,(H2,23,24);4-11H,1-3H3,(H2,19,20);3-9H,1-2H3,(H2,20,21)/t29-,33+;20-,24+;18-,22+;;/m011../s1. The van der Waals surface area contributed by atoms with Crippen LogP contribution in [0.1, 0.15) is 320 Å². The Morgan fingerprint density at radius 1 is 0.403 bits per heavy atom. The molecular formula is C114H163Cl2N19O9. The molecule has 5 saturated carbocycles. The summed E-state index contributed by atoms with van der Waals surface area (Å²) in [7, 11) is 8.38. The van der Waals surface area contributed by atoms with Gasteiger partial charge in [-0.1, -0.05) is 270 Å². The van der Waals surface area contributed by atoms with Crippen molar-refractivity contribution in [3.63, 3.8) is 0 Å². The molecule has 144 heavy (non-hydrogen) atoms. The van der Waals surface area contributed by atoms with Crippen LogP contribution in [0.25, 0.3) is 22.3 Å². The summed E-state index contributed by atoms with van der Waals surface area (Å²) in [6, 6.07) is 37.1. The molecule has 9 amide bonds. The molecule has 28 nitrogen and oxygen atoms in total. The first kappa shape index (κ1) is 109. The number of methoxy groups -OCH3 is 1. The second-order valence-corrected chi connectivity index (χ2v) is 45.0. The van der Waals surface area contributed by atoms with E-state index in [4.69, 9.17) is 71.6 Å². The van der Waals surface area contributed by atoms with E-state index in [1.54, 1.807) is 65.0 Å². The van der Waals surface area contributed by atoms with Gasteiger partial charge in [0, 0.05) is 96.4 Å². The molecule has 8 fully saturated rings. The fraction of sp³-hybridized carbons (Fsp3) is 0.623. The minimum Gasteiger partial charge on any atom is -0.497 e. The van der Waals surface area contributed by atoms with Crippen LogP contribution in [0.3, 0.4) is 0 Å². The summed E-state index contributed by atoms with van der Waals surface area (Å²) in [4.78, 5) is 140. The number of carbonyl (C=O) groups excluding carboxylic acids is 8. The van der Waals surface area contributed by atoms with Crippen molar-refractivity contribution in [2.75, 3.05) is 68.0 Å². The highest BCUT2D eigenvalue weighted by Crippen LogP contribution is 2.47. The molecule has 30 heteroatoms. The minimum absolute atomic E-state index is 0.0272. The maximum atomic E-state index is 14.1. The van der Waals surface area contributed by atoms with Crippen LogP contribution in [0.2, 0.25) is 10.0 Å². The zero-order chi connectivity index (χ0) is 103. The Kier molecular flexibility index (Phi) is 37.7. The number of amides is 9. The molecule has 3 saturated heterocycles. The predicted molar refractivity (Wildman–Crippen MR) is 575 cm³/mol. The number of likely N-dealkylation sites (N-methyl/N-ethyl adjacent to an activating group) is 4. The molecule has 13 aliphatic rings. The first-order chi connectivity index (χ1) is 69.1. The topological polar surface area (TPSA) is 376 Å². The van der Waals surface area contributed by atoms with Gasteiger partial charge in [0.15, 0.2) is 40.9 Å². The van der Waals surface area contributed by atoms with Gasteiger partial charge >= 0.3 is 6.03 Å². The van der Waals surface area contributed by atoms with Crippen LogP contribution in [0, 0.1) is 41.4 Å². The van der Waals surface area contributed by atoms with E-state index < -0.39 is 27.7 Å². The van der Waals surface area contributed by atoms with Crippen LogP contribution in [-0.4, -0.2) is 207 Å². The van der Waals surface area contributed by atoms with E-state index in [9.17, 15) is 38.4 Å². The lowest BCUT2D eigenvalue weighted by atomic mass is 9.75. The van der Waals surface area contributed by atoms with Gasteiger partial charge in [0.25, 0.3) is 29.5 Å². The number of nitrogens with two attached hydrogens (primary N) is 5. The van der Waals surface area contributed by atoms with E-state index in [2.05, 4.69) is 53.4 Å². The molecule has 11 N–H and O–H groups in total. The maximum absolute atomic E-state index is 14.1. The highest BCUT2D eigenvalue weighted by molar-refractivity contribution is 6.35. The first-order valence-electron chi connectivity index (χ1n) is 54.4. The van der Waals surface area contributed by atoms with E-state index in [1.807, 2.05) is 99.6 Å². The van der Waals surface area contributed by atoms with Gasteiger partial charge in [-0.3, -0.25) is 58.1 Å². The van der Waals surface area contributed by atoms with Crippen molar-refractivity contribution in [1.29, 1.82) is 0 Å². The lowest BCUT2D eigenvalue weighted by Crippen LogP contribution is -2.45. The molecule has 5 aromatic rings. The number of nitrogens with one attached hydrogen (secondary N) is 1. The molecule has 0 bridgehead atoms. The van der Waals surface area contributed by atoms with Crippen LogP contribution in [-0.2, 0) is 57.7 Å². The number of halogens is 2. The zero-order valence-electron chi connectivity index (χ0n) is 87.4. The monoisotopic (exact) mass is 2010 g/mol. The third-order valence-electron chi connectivity index (χ3n) is 33.6. The van der Waals surface area contributed by atoms with E-state index in [1.165, 1.54) is 169 Å². The van der Waals surface area contributed by atoms with Crippen molar-refractivity contribution in [3.05, 3.63) is 148 Å². The number of nitrogens with zero attached hydrogens (tertiary/aromatic N) is 13. The number of urea groups is 1. The number of hydrogen-bond acceptors (Lipinski definition) is 19. The SMILES string of the molecule is CCCCC(=O)N1CC[C@H](C[C@]2(CCC3CCCCC3)N=C(N)N(C)C2=O)C1.CCCC[C@H]1CN(Cc2ccc(CN3C(=O)[C@@](CCC4CCCCC4)(CC4CCCCC4)N=C3N)cc2)C(=O)N1.CN1C(=O)C(C)(c2cccc(-c3cc(Cl)cc(Cl)c3)c2)N=C1N.CN1C(=O)[C@](CCC2CCCCC2)(C[C@H]2CCN(C(=O)CC3CCCC3)C2)N=C1N.COc1cccc(-c2cccc(C3(C)N=C(N)N(C)C3=O)c2)c1. The van der Waals surface area contributed by atoms with E-state index in [0.717, 1.165) is 203 Å². The Labute approximate surface area is 865 Å².